The zero-order chi connectivity index (χ0) is 15.0. The van der Waals surface area contributed by atoms with Gasteiger partial charge in [0.1, 0.15) is 5.82 Å². The minimum Gasteiger partial charge on any atom is -0.271 e. The molecule has 0 spiro atoms. The number of nitrogens with one attached hydrogen (secondary N) is 1. The average molecular weight is 280 g/mol. The van der Waals surface area contributed by atoms with E-state index in [1.807, 2.05) is 19.9 Å². The molecule has 0 fully saturated rings. The lowest BCUT2D eigenvalue weighted by Gasteiger charge is -2.20. The fourth-order valence-electron chi connectivity index (χ4n) is 2.81. The highest BCUT2D eigenvalue weighted by atomic mass is 19.1. The number of unbranched alkanes of at least 4 members (excludes halogenated alkanes) is 5. The highest BCUT2D eigenvalue weighted by molar-refractivity contribution is 5.34. The molecule has 0 saturated heterocycles. The predicted octanol–water partition coefficient (Wildman–Crippen LogP) is 4.70. The Morgan fingerprint density at radius 1 is 1.10 bits per heavy atom. The van der Waals surface area contributed by atoms with Crippen LogP contribution in [0.1, 0.15) is 74.6 Å². The summed E-state index contributed by atoms with van der Waals surface area (Å²) in [6.07, 6.45) is 8.32. The van der Waals surface area contributed by atoms with Crippen LogP contribution in [0.25, 0.3) is 0 Å². The standard InChI is InChI=1S/C17H29FN2/c1-4-5-6-7-8-9-10-16(20-19)17-14(3)11-13(2)12-15(17)18/h11-12,16,20H,4-10,19H2,1-3H3. The summed E-state index contributed by atoms with van der Waals surface area (Å²) in [5.41, 5.74) is 5.45. The molecule has 0 radical (unpaired) electrons. The van der Waals surface area contributed by atoms with Crippen LogP contribution in [0.4, 0.5) is 4.39 Å². The fourth-order valence-corrected chi connectivity index (χ4v) is 2.81. The molecule has 114 valence electrons. The van der Waals surface area contributed by atoms with Crippen molar-refractivity contribution in [2.75, 3.05) is 0 Å². The number of rotatable bonds is 9. The maximum Gasteiger partial charge on any atom is 0.128 e. The minimum absolute atomic E-state index is 0.0817. The second-order valence-electron chi connectivity index (χ2n) is 5.75. The second kappa shape index (κ2) is 9.09. The molecule has 1 aromatic carbocycles. The third kappa shape index (κ3) is 5.22. The van der Waals surface area contributed by atoms with Gasteiger partial charge in [-0.1, -0.05) is 51.5 Å². The number of hydrogen-bond acceptors (Lipinski definition) is 2. The van der Waals surface area contributed by atoms with Gasteiger partial charge in [0.05, 0.1) is 0 Å². The molecular formula is C17H29FN2. The molecule has 0 heterocycles. The maximum absolute atomic E-state index is 14.1. The molecule has 0 aliphatic rings. The van der Waals surface area contributed by atoms with Crippen LogP contribution in [0, 0.1) is 19.7 Å². The number of halogens is 1. The topological polar surface area (TPSA) is 38.0 Å². The summed E-state index contributed by atoms with van der Waals surface area (Å²) < 4.78 is 14.1. The van der Waals surface area contributed by atoms with Gasteiger partial charge in [-0.25, -0.2) is 4.39 Å². The van der Waals surface area contributed by atoms with Crippen molar-refractivity contribution in [2.45, 2.75) is 71.8 Å². The van der Waals surface area contributed by atoms with Gasteiger partial charge in [-0.2, -0.15) is 0 Å². The van der Waals surface area contributed by atoms with Crippen LogP contribution in [0.3, 0.4) is 0 Å². The smallest absolute Gasteiger partial charge is 0.128 e. The fraction of sp³-hybridized carbons (Fsp3) is 0.647. The van der Waals surface area contributed by atoms with Gasteiger partial charge in [-0.05, 0) is 37.5 Å². The van der Waals surface area contributed by atoms with Crippen molar-refractivity contribution in [2.24, 2.45) is 5.84 Å². The Morgan fingerprint density at radius 3 is 2.35 bits per heavy atom. The largest absolute Gasteiger partial charge is 0.271 e. The van der Waals surface area contributed by atoms with E-state index in [9.17, 15) is 4.39 Å². The van der Waals surface area contributed by atoms with E-state index in [1.54, 1.807) is 6.07 Å². The van der Waals surface area contributed by atoms with Crippen LogP contribution in [-0.4, -0.2) is 0 Å². The highest BCUT2D eigenvalue weighted by Crippen LogP contribution is 2.26. The first-order valence-electron chi connectivity index (χ1n) is 7.83. The summed E-state index contributed by atoms with van der Waals surface area (Å²) in [6, 6.07) is 3.53. The zero-order valence-electron chi connectivity index (χ0n) is 13.1. The normalized spacial score (nSPS) is 12.7. The Hall–Kier alpha value is -0.930. The van der Waals surface area contributed by atoms with Gasteiger partial charge in [0.2, 0.25) is 0 Å². The van der Waals surface area contributed by atoms with E-state index in [-0.39, 0.29) is 11.9 Å². The van der Waals surface area contributed by atoms with E-state index in [1.165, 1.54) is 32.1 Å². The van der Waals surface area contributed by atoms with E-state index >= 15 is 0 Å². The summed E-state index contributed by atoms with van der Waals surface area (Å²) in [7, 11) is 0. The third-order valence-electron chi connectivity index (χ3n) is 3.88. The molecule has 0 aromatic heterocycles. The van der Waals surface area contributed by atoms with Gasteiger partial charge in [0.25, 0.3) is 0 Å². The molecule has 3 heteroatoms. The molecule has 2 nitrogen and oxygen atoms in total. The molecule has 20 heavy (non-hydrogen) atoms. The first-order chi connectivity index (χ1) is 9.60. The van der Waals surface area contributed by atoms with E-state index in [4.69, 9.17) is 5.84 Å². The molecule has 1 rings (SSSR count). The van der Waals surface area contributed by atoms with E-state index in [2.05, 4.69) is 12.3 Å². The molecule has 0 aliphatic heterocycles. The molecule has 0 bridgehead atoms. The second-order valence-corrected chi connectivity index (χ2v) is 5.75. The minimum atomic E-state index is -0.142. The lowest BCUT2D eigenvalue weighted by Crippen LogP contribution is -2.29. The molecule has 0 saturated carbocycles. The van der Waals surface area contributed by atoms with Gasteiger partial charge in [0, 0.05) is 11.6 Å². The first-order valence-corrected chi connectivity index (χ1v) is 7.83. The molecule has 0 amide bonds. The van der Waals surface area contributed by atoms with Crippen molar-refractivity contribution < 1.29 is 4.39 Å². The molecular weight excluding hydrogens is 251 g/mol. The van der Waals surface area contributed by atoms with Gasteiger partial charge in [0.15, 0.2) is 0 Å². The van der Waals surface area contributed by atoms with E-state index in [0.717, 1.165) is 29.5 Å². The Morgan fingerprint density at radius 2 is 1.75 bits per heavy atom. The highest BCUT2D eigenvalue weighted by Gasteiger charge is 2.17. The molecule has 3 N–H and O–H groups in total. The van der Waals surface area contributed by atoms with Crippen LogP contribution < -0.4 is 11.3 Å². The van der Waals surface area contributed by atoms with Gasteiger partial charge >= 0.3 is 0 Å². The number of benzene rings is 1. The van der Waals surface area contributed by atoms with Gasteiger partial charge < -0.3 is 0 Å². The van der Waals surface area contributed by atoms with Crippen LogP contribution in [0.5, 0.6) is 0 Å². The summed E-state index contributed by atoms with van der Waals surface area (Å²) in [6.45, 7) is 6.09. The molecule has 0 aliphatic carbocycles. The summed E-state index contributed by atoms with van der Waals surface area (Å²) in [5, 5.41) is 0. The summed E-state index contributed by atoms with van der Waals surface area (Å²) in [5.74, 6) is 5.48. The number of nitrogens with two attached hydrogens (primary N) is 1. The van der Waals surface area contributed by atoms with Crippen molar-refractivity contribution >= 4 is 0 Å². The Kier molecular flexibility index (Phi) is 7.78. The SMILES string of the molecule is CCCCCCCCC(NN)c1c(C)cc(C)cc1F. The lowest BCUT2D eigenvalue weighted by atomic mass is 9.94. The quantitative estimate of drug-likeness (QED) is 0.391. The Bertz CT molecular complexity index is 381. The van der Waals surface area contributed by atoms with Crippen molar-refractivity contribution in [3.05, 3.63) is 34.6 Å². The van der Waals surface area contributed by atoms with Crippen LogP contribution >= 0.6 is 0 Å². The molecule has 1 unspecified atom stereocenters. The predicted molar refractivity (Wildman–Crippen MR) is 83.9 cm³/mol. The summed E-state index contributed by atoms with van der Waals surface area (Å²) >= 11 is 0. The Balaban J connectivity index is 2.54. The monoisotopic (exact) mass is 280 g/mol. The van der Waals surface area contributed by atoms with Crippen molar-refractivity contribution in [1.82, 2.24) is 5.43 Å². The molecule has 1 aromatic rings. The van der Waals surface area contributed by atoms with Crippen LogP contribution in [0.15, 0.2) is 12.1 Å². The third-order valence-corrected chi connectivity index (χ3v) is 3.88. The average Bonchev–Trinajstić information content (AvgIpc) is 2.39. The maximum atomic E-state index is 14.1. The van der Waals surface area contributed by atoms with E-state index < -0.39 is 0 Å². The lowest BCUT2D eigenvalue weighted by molar-refractivity contribution is 0.455. The van der Waals surface area contributed by atoms with Crippen molar-refractivity contribution in [1.29, 1.82) is 0 Å². The van der Waals surface area contributed by atoms with Gasteiger partial charge in [-0.15, -0.1) is 0 Å². The van der Waals surface area contributed by atoms with Crippen LogP contribution in [-0.2, 0) is 0 Å². The zero-order valence-corrected chi connectivity index (χ0v) is 13.1. The number of hydrogen-bond donors (Lipinski definition) is 2. The van der Waals surface area contributed by atoms with Gasteiger partial charge in [-0.3, -0.25) is 11.3 Å². The Labute approximate surface area is 122 Å². The van der Waals surface area contributed by atoms with Crippen molar-refractivity contribution in [3.8, 4) is 0 Å². The number of hydrazine groups is 1. The summed E-state index contributed by atoms with van der Waals surface area (Å²) in [4.78, 5) is 0. The van der Waals surface area contributed by atoms with Crippen LogP contribution in [0.2, 0.25) is 0 Å². The molecule has 1 atom stereocenters. The first kappa shape index (κ1) is 17.1. The van der Waals surface area contributed by atoms with Crippen molar-refractivity contribution in [3.63, 3.8) is 0 Å². The van der Waals surface area contributed by atoms with E-state index in [0.29, 0.717) is 0 Å². The number of aryl methyl sites for hydroxylation is 2.